The molecule has 0 aliphatic carbocycles. The predicted molar refractivity (Wildman–Crippen MR) is 281 cm³/mol. The van der Waals surface area contributed by atoms with Crippen molar-refractivity contribution in [2.24, 2.45) is 0 Å². The van der Waals surface area contributed by atoms with E-state index in [-0.39, 0.29) is 0 Å². The van der Waals surface area contributed by atoms with Crippen LogP contribution in [0, 0.1) is 0 Å². The maximum atomic E-state index is 5.36. The van der Waals surface area contributed by atoms with Crippen LogP contribution in [-0.2, 0) is 0 Å². The molecule has 0 radical (unpaired) electrons. The molecule has 0 amide bonds. The van der Waals surface area contributed by atoms with Crippen LogP contribution in [0.1, 0.15) is 0 Å². The highest BCUT2D eigenvalue weighted by Gasteiger charge is 2.23. The van der Waals surface area contributed by atoms with Gasteiger partial charge in [-0.15, -0.1) is 11.3 Å². The lowest BCUT2D eigenvalue weighted by Gasteiger charge is -2.14. The number of hydrogen-bond donors (Lipinski definition) is 0. The second kappa shape index (κ2) is 16.1. The Morgan fingerprint density at radius 1 is 0.269 bits per heavy atom. The zero-order chi connectivity index (χ0) is 44.3. The maximum Gasteiger partial charge on any atom is 0.164 e. The third kappa shape index (κ3) is 6.75. The van der Waals surface area contributed by atoms with Gasteiger partial charge >= 0.3 is 0 Å². The molecule has 0 fully saturated rings. The number of para-hydroxylation sites is 1. The molecule has 0 saturated heterocycles. The topological polar surface area (TPSA) is 51.6 Å². The van der Waals surface area contributed by atoms with Gasteiger partial charge in [-0.2, -0.15) is 0 Å². The molecule has 13 aromatic rings. The Hall–Kier alpha value is -8.64. The maximum absolute atomic E-state index is 5.36. The third-order valence-corrected chi connectivity index (χ3v) is 14.2. The Morgan fingerprint density at radius 3 is 1.19 bits per heavy atom. The fraction of sp³-hybridized carbons (Fsp3) is 0. The minimum Gasteiger partial charge on any atom is -0.246 e. The summed E-state index contributed by atoms with van der Waals surface area (Å²) in [5, 5.41) is 9.97. The van der Waals surface area contributed by atoms with Gasteiger partial charge in [0.2, 0.25) is 0 Å². The highest BCUT2D eigenvalue weighted by atomic mass is 32.1. The summed E-state index contributed by atoms with van der Waals surface area (Å²) in [6.07, 6.45) is 0. The molecule has 4 nitrogen and oxygen atoms in total. The molecule has 0 aliphatic heterocycles. The molecular weight excluding hydrogens is 833 g/mol. The van der Waals surface area contributed by atoms with E-state index in [1.807, 2.05) is 72.0 Å². The highest BCUT2D eigenvalue weighted by Crippen LogP contribution is 2.51. The molecule has 312 valence electrons. The first-order valence-electron chi connectivity index (χ1n) is 22.5. The Morgan fingerprint density at radius 2 is 0.657 bits per heavy atom. The van der Waals surface area contributed by atoms with E-state index in [9.17, 15) is 0 Å². The van der Waals surface area contributed by atoms with Crippen LogP contribution in [-0.4, -0.2) is 19.9 Å². The molecule has 13 rings (SSSR count). The minimum absolute atomic E-state index is 0.638. The molecule has 5 heteroatoms. The van der Waals surface area contributed by atoms with Gasteiger partial charge in [0.25, 0.3) is 0 Å². The smallest absolute Gasteiger partial charge is 0.164 e. The van der Waals surface area contributed by atoms with Gasteiger partial charge in [-0.3, -0.25) is 0 Å². The zero-order valence-corrected chi connectivity index (χ0v) is 37.0. The summed E-state index contributed by atoms with van der Waals surface area (Å²) < 4.78 is 1.18. The summed E-state index contributed by atoms with van der Waals surface area (Å²) in [5.41, 5.74) is 11.8. The van der Waals surface area contributed by atoms with Crippen LogP contribution in [0.25, 0.3) is 131 Å². The van der Waals surface area contributed by atoms with Crippen LogP contribution in [0.15, 0.2) is 231 Å². The number of hydrogen-bond acceptors (Lipinski definition) is 5. The highest BCUT2D eigenvalue weighted by molar-refractivity contribution is 7.23. The average molecular weight is 871 g/mol. The Balaban J connectivity index is 0.956. The van der Waals surface area contributed by atoms with E-state index in [4.69, 9.17) is 19.9 Å². The van der Waals surface area contributed by atoms with Crippen LogP contribution in [0.3, 0.4) is 0 Å². The van der Waals surface area contributed by atoms with Crippen molar-refractivity contribution in [2.45, 2.75) is 0 Å². The van der Waals surface area contributed by atoms with Crippen molar-refractivity contribution >= 4 is 64.6 Å². The van der Waals surface area contributed by atoms with Crippen molar-refractivity contribution in [3.8, 4) is 78.1 Å². The van der Waals surface area contributed by atoms with E-state index in [2.05, 4.69) is 170 Å². The third-order valence-electron chi connectivity index (χ3n) is 12.9. The van der Waals surface area contributed by atoms with Gasteiger partial charge in [-0.1, -0.05) is 218 Å². The van der Waals surface area contributed by atoms with E-state index in [1.54, 1.807) is 0 Å². The SMILES string of the molecule is c1ccc(-c2nc(-c3ccccc3)nc(-c3ccc(-c4ccc(-c5sc6c(-c7ccccc7)nc7ccccc7c6c5-c5ccc6c7ccccc7c7ccccc7c6c5)cc4)cc3)n2)cc1. The second-order valence-electron chi connectivity index (χ2n) is 16.9. The van der Waals surface area contributed by atoms with Gasteiger partial charge in [0.1, 0.15) is 0 Å². The lowest BCUT2D eigenvalue weighted by molar-refractivity contribution is 1.07. The molecule has 0 aliphatic rings. The summed E-state index contributed by atoms with van der Waals surface area (Å²) >= 11 is 1.84. The monoisotopic (exact) mass is 870 g/mol. The van der Waals surface area contributed by atoms with Gasteiger partial charge < -0.3 is 0 Å². The van der Waals surface area contributed by atoms with Crippen molar-refractivity contribution in [2.75, 3.05) is 0 Å². The first-order valence-corrected chi connectivity index (χ1v) is 23.4. The number of fused-ring (bicyclic) bond motifs is 9. The Labute approximate surface area is 391 Å². The summed E-state index contributed by atoms with van der Waals surface area (Å²) in [5.74, 6) is 1.93. The number of aromatic nitrogens is 4. The predicted octanol–water partition coefficient (Wildman–Crippen LogP) is 16.8. The first kappa shape index (κ1) is 38.8. The molecule has 3 heterocycles. The molecule has 0 unspecified atom stereocenters. The van der Waals surface area contributed by atoms with Crippen LogP contribution < -0.4 is 0 Å². The van der Waals surface area contributed by atoms with E-state index >= 15 is 0 Å². The summed E-state index contributed by atoms with van der Waals surface area (Å²) in [7, 11) is 0. The molecule has 0 atom stereocenters. The lowest BCUT2D eigenvalue weighted by Crippen LogP contribution is -2.00. The molecule has 67 heavy (non-hydrogen) atoms. The van der Waals surface area contributed by atoms with Crippen molar-refractivity contribution in [3.63, 3.8) is 0 Å². The van der Waals surface area contributed by atoms with Crippen molar-refractivity contribution in [1.29, 1.82) is 0 Å². The zero-order valence-electron chi connectivity index (χ0n) is 36.1. The van der Waals surface area contributed by atoms with E-state index < -0.39 is 0 Å². The van der Waals surface area contributed by atoms with Crippen molar-refractivity contribution < 1.29 is 0 Å². The van der Waals surface area contributed by atoms with E-state index in [1.165, 1.54) is 58.4 Å². The van der Waals surface area contributed by atoms with Crippen LogP contribution >= 0.6 is 11.3 Å². The van der Waals surface area contributed by atoms with Crippen LogP contribution in [0.5, 0.6) is 0 Å². The van der Waals surface area contributed by atoms with Gasteiger partial charge in [-0.05, 0) is 66.7 Å². The van der Waals surface area contributed by atoms with Gasteiger partial charge in [-0.25, -0.2) is 19.9 Å². The number of benzene rings is 10. The fourth-order valence-electron chi connectivity index (χ4n) is 9.71. The van der Waals surface area contributed by atoms with Crippen LogP contribution in [0.4, 0.5) is 0 Å². The number of thiophene rings is 1. The van der Waals surface area contributed by atoms with Crippen molar-refractivity contribution in [3.05, 3.63) is 231 Å². The van der Waals surface area contributed by atoms with Crippen molar-refractivity contribution in [1.82, 2.24) is 19.9 Å². The normalized spacial score (nSPS) is 11.6. The average Bonchev–Trinajstić information content (AvgIpc) is 3.82. The number of nitrogens with zero attached hydrogens (tertiary/aromatic N) is 4. The first-order chi connectivity index (χ1) is 33.2. The van der Waals surface area contributed by atoms with Crippen LogP contribution in [0.2, 0.25) is 0 Å². The van der Waals surface area contributed by atoms with Gasteiger partial charge in [0.05, 0.1) is 15.9 Å². The molecule has 0 spiro atoms. The minimum atomic E-state index is 0.638. The quantitative estimate of drug-likeness (QED) is 0.150. The largest absolute Gasteiger partial charge is 0.246 e. The summed E-state index contributed by atoms with van der Waals surface area (Å²) in [6.45, 7) is 0. The molecule has 0 saturated carbocycles. The summed E-state index contributed by atoms with van der Waals surface area (Å²) in [4.78, 5) is 21.4. The molecule has 3 aromatic heterocycles. The van der Waals surface area contributed by atoms with E-state index in [0.717, 1.165) is 55.5 Å². The second-order valence-corrected chi connectivity index (χ2v) is 17.9. The molecule has 0 bridgehead atoms. The lowest BCUT2D eigenvalue weighted by atomic mass is 9.90. The standard InChI is InChI=1S/C62H38N4S/c1-4-16-41(17-5-1)57-59-56(52-26-14-15-27-54(52)63-57)55(46-36-37-51-49-24-11-10-22-47(49)48-23-12-13-25-50(48)53(51)38-46)58(67-59)42-32-28-39(29-33-42)40-30-34-45(35-31-40)62-65-60(43-18-6-2-7-19-43)64-61(66-62)44-20-8-3-9-21-44/h1-38H. The Kier molecular flexibility index (Phi) is 9.32. The van der Waals surface area contributed by atoms with Gasteiger partial charge in [0, 0.05) is 43.5 Å². The molecular formula is C62H38N4S. The summed E-state index contributed by atoms with van der Waals surface area (Å²) in [6, 6.07) is 81.8. The number of pyridine rings is 1. The van der Waals surface area contributed by atoms with E-state index in [0.29, 0.717) is 17.5 Å². The van der Waals surface area contributed by atoms with Gasteiger partial charge in [0.15, 0.2) is 17.5 Å². The fourth-order valence-corrected chi connectivity index (χ4v) is 11.1. The molecule has 10 aromatic carbocycles. The number of rotatable bonds is 7. The Bertz CT molecular complexity index is 3910. The molecule has 0 N–H and O–H groups in total.